The van der Waals surface area contributed by atoms with E-state index in [0.29, 0.717) is 27.1 Å². The average Bonchev–Trinajstić information content (AvgIpc) is 3.04. The van der Waals surface area contributed by atoms with E-state index >= 15 is 0 Å². The highest BCUT2D eigenvalue weighted by Crippen LogP contribution is 2.25. The molecule has 1 N–H and O–H groups in total. The Kier molecular flexibility index (Phi) is 4.01. The summed E-state index contributed by atoms with van der Waals surface area (Å²) in [4.78, 5) is 20.3. The molecule has 0 aliphatic rings. The van der Waals surface area contributed by atoms with Crippen LogP contribution in [0.25, 0.3) is 10.7 Å². The van der Waals surface area contributed by atoms with Gasteiger partial charge in [-0.1, -0.05) is 17.4 Å². The predicted octanol–water partition coefficient (Wildman–Crippen LogP) is 2.26. The maximum atomic E-state index is 12.2. The van der Waals surface area contributed by atoms with Gasteiger partial charge in [0.2, 0.25) is 5.13 Å². The number of methoxy groups -OCH3 is 1. The van der Waals surface area contributed by atoms with Crippen molar-refractivity contribution in [2.45, 2.75) is 0 Å². The molecule has 3 heterocycles. The first-order valence-electron chi connectivity index (χ1n) is 6.32. The first-order chi connectivity index (χ1) is 10.8. The first-order valence-corrected chi connectivity index (χ1v) is 7.14. The highest BCUT2D eigenvalue weighted by atomic mass is 32.1. The minimum absolute atomic E-state index is 0.333. The van der Waals surface area contributed by atoms with Gasteiger partial charge in [-0.2, -0.15) is 0 Å². The van der Waals surface area contributed by atoms with Gasteiger partial charge in [0.25, 0.3) is 5.91 Å². The standard InChI is InChI=1S/C14H11N5O2S/c1-21-11-5-7-15-8-9(11)12(20)17-14-19-18-13(22-14)10-4-2-3-6-16-10/h2-8H,1H3,(H,17,19,20). The van der Waals surface area contributed by atoms with Crippen LogP contribution in [0.2, 0.25) is 0 Å². The first kappa shape index (κ1) is 14.1. The molecule has 22 heavy (non-hydrogen) atoms. The van der Waals surface area contributed by atoms with Crippen molar-refractivity contribution < 1.29 is 9.53 Å². The summed E-state index contributed by atoms with van der Waals surface area (Å²) in [5.74, 6) is 0.0932. The topological polar surface area (TPSA) is 89.9 Å². The molecule has 3 rings (SSSR count). The molecule has 0 aromatic carbocycles. The van der Waals surface area contributed by atoms with E-state index in [9.17, 15) is 4.79 Å². The van der Waals surface area contributed by atoms with Crippen molar-refractivity contribution in [2.75, 3.05) is 12.4 Å². The minimum atomic E-state index is -0.353. The number of aromatic nitrogens is 4. The van der Waals surface area contributed by atoms with Gasteiger partial charge in [-0.3, -0.25) is 20.1 Å². The Morgan fingerprint density at radius 3 is 2.91 bits per heavy atom. The van der Waals surface area contributed by atoms with Crippen molar-refractivity contribution in [1.29, 1.82) is 0 Å². The summed E-state index contributed by atoms with van der Waals surface area (Å²) in [5.41, 5.74) is 1.04. The lowest BCUT2D eigenvalue weighted by Crippen LogP contribution is -2.13. The monoisotopic (exact) mass is 313 g/mol. The van der Waals surface area contributed by atoms with Crippen LogP contribution >= 0.6 is 11.3 Å². The van der Waals surface area contributed by atoms with E-state index in [1.54, 1.807) is 18.5 Å². The molecule has 3 aromatic heterocycles. The quantitative estimate of drug-likeness (QED) is 0.794. The fourth-order valence-corrected chi connectivity index (χ4v) is 2.48. The van der Waals surface area contributed by atoms with Crippen molar-refractivity contribution in [3.05, 3.63) is 48.4 Å². The third-order valence-corrected chi connectivity index (χ3v) is 3.64. The molecule has 0 radical (unpaired) electrons. The molecule has 3 aromatic rings. The van der Waals surface area contributed by atoms with Gasteiger partial charge in [-0.25, -0.2) is 0 Å². The van der Waals surface area contributed by atoms with Crippen molar-refractivity contribution in [3.8, 4) is 16.5 Å². The molecular formula is C14H11N5O2S. The molecule has 0 saturated carbocycles. The van der Waals surface area contributed by atoms with E-state index in [-0.39, 0.29) is 5.91 Å². The molecule has 8 heteroatoms. The van der Waals surface area contributed by atoms with E-state index in [1.807, 2.05) is 18.2 Å². The van der Waals surface area contributed by atoms with Crippen molar-refractivity contribution >= 4 is 22.4 Å². The predicted molar refractivity (Wildman–Crippen MR) is 81.9 cm³/mol. The molecule has 7 nitrogen and oxygen atoms in total. The Balaban J connectivity index is 1.79. The summed E-state index contributed by atoms with van der Waals surface area (Å²) in [6.45, 7) is 0. The van der Waals surface area contributed by atoms with Crippen LogP contribution in [0.5, 0.6) is 5.75 Å². The summed E-state index contributed by atoms with van der Waals surface area (Å²) < 4.78 is 5.14. The number of ether oxygens (including phenoxy) is 1. The summed E-state index contributed by atoms with van der Waals surface area (Å²) in [6, 6.07) is 7.13. The van der Waals surface area contributed by atoms with Gasteiger partial charge >= 0.3 is 0 Å². The highest BCUT2D eigenvalue weighted by molar-refractivity contribution is 7.18. The lowest BCUT2D eigenvalue weighted by molar-refractivity contribution is 0.102. The number of pyridine rings is 2. The van der Waals surface area contributed by atoms with Gasteiger partial charge in [0.15, 0.2) is 5.01 Å². The van der Waals surface area contributed by atoms with Crippen LogP contribution in [0.4, 0.5) is 5.13 Å². The van der Waals surface area contributed by atoms with Crippen molar-refractivity contribution in [2.24, 2.45) is 0 Å². The third-order valence-electron chi connectivity index (χ3n) is 2.78. The summed E-state index contributed by atoms with van der Waals surface area (Å²) >= 11 is 1.24. The Morgan fingerprint density at radius 1 is 1.23 bits per heavy atom. The Labute approximate surface area is 130 Å². The zero-order chi connectivity index (χ0) is 15.4. The normalized spacial score (nSPS) is 10.2. The van der Waals surface area contributed by atoms with E-state index in [1.165, 1.54) is 24.6 Å². The Hall–Kier alpha value is -2.87. The van der Waals surface area contributed by atoms with Crippen LogP contribution in [-0.2, 0) is 0 Å². The zero-order valence-electron chi connectivity index (χ0n) is 11.6. The molecule has 0 atom stereocenters. The van der Waals surface area contributed by atoms with Crippen LogP contribution in [0.3, 0.4) is 0 Å². The van der Waals surface area contributed by atoms with Crippen LogP contribution in [-0.4, -0.2) is 33.2 Å². The van der Waals surface area contributed by atoms with E-state index < -0.39 is 0 Å². The van der Waals surface area contributed by atoms with Gasteiger partial charge in [0.05, 0.1) is 7.11 Å². The number of carbonyl (C=O) groups is 1. The number of nitrogens with zero attached hydrogens (tertiary/aromatic N) is 4. The summed E-state index contributed by atoms with van der Waals surface area (Å²) in [7, 11) is 1.50. The molecule has 0 fully saturated rings. The second-order valence-corrected chi connectivity index (χ2v) is 5.13. The number of carbonyl (C=O) groups excluding carboxylic acids is 1. The molecule has 0 bridgehead atoms. The van der Waals surface area contributed by atoms with Gasteiger partial charge in [0.1, 0.15) is 17.0 Å². The van der Waals surface area contributed by atoms with Crippen LogP contribution in [0.15, 0.2) is 42.9 Å². The lowest BCUT2D eigenvalue weighted by Gasteiger charge is -2.06. The average molecular weight is 313 g/mol. The molecule has 110 valence electrons. The van der Waals surface area contributed by atoms with Gasteiger partial charge in [-0.15, -0.1) is 10.2 Å². The zero-order valence-corrected chi connectivity index (χ0v) is 12.4. The minimum Gasteiger partial charge on any atom is -0.496 e. The van der Waals surface area contributed by atoms with Gasteiger partial charge < -0.3 is 4.74 Å². The van der Waals surface area contributed by atoms with E-state index in [0.717, 1.165) is 0 Å². The van der Waals surface area contributed by atoms with Crippen LogP contribution < -0.4 is 10.1 Å². The number of anilines is 1. The maximum absolute atomic E-state index is 12.2. The summed E-state index contributed by atoms with van der Waals surface area (Å²) in [6.07, 6.45) is 4.67. The van der Waals surface area contributed by atoms with Gasteiger partial charge in [0, 0.05) is 18.6 Å². The smallest absolute Gasteiger partial charge is 0.262 e. The fraction of sp³-hybridized carbons (Fsp3) is 0.0714. The number of hydrogen-bond acceptors (Lipinski definition) is 7. The summed E-state index contributed by atoms with van der Waals surface area (Å²) in [5, 5.41) is 11.7. The van der Waals surface area contributed by atoms with Crippen LogP contribution in [0.1, 0.15) is 10.4 Å². The Morgan fingerprint density at radius 2 is 2.14 bits per heavy atom. The third kappa shape index (κ3) is 2.91. The highest BCUT2D eigenvalue weighted by Gasteiger charge is 2.15. The van der Waals surface area contributed by atoms with Crippen molar-refractivity contribution in [3.63, 3.8) is 0 Å². The number of rotatable bonds is 4. The molecule has 0 unspecified atom stereocenters. The van der Waals surface area contributed by atoms with E-state index in [4.69, 9.17) is 4.74 Å². The second kappa shape index (κ2) is 6.27. The molecule has 0 spiro atoms. The molecule has 1 amide bonds. The van der Waals surface area contributed by atoms with Crippen molar-refractivity contribution in [1.82, 2.24) is 20.2 Å². The molecule has 0 aliphatic carbocycles. The maximum Gasteiger partial charge on any atom is 0.262 e. The van der Waals surface area contributed by atoms with Crippen LogP contribution in [0, 0.1) is 0 Å². The SMILES string of the molecule is COc1ccncc1C(=O)Nc1nnc(-c2ccccn2)s1. The van der Waals surface area contributed by atoms with Gasteiger partial charge in [-0.05, 0) is 18.2 Å². The largest absolute Gasteiger partial charge is 0.496 e. The molecule has 0 saturated heterocycles. The lowest BCUT2D eigenvalue weighted by atomic mass is 10.2. The fourth-order valence-electron chi connectivity index (χ4n) is 1.76. The number of nitrogens with one attached hydrogen (secondary N) is 1. The molecule has 0 aliphatic heterocycles. The molecular weight excluding hydrogens is 302 g/mol. The number of amides is 1. The van der Waals surface area contributed by atoms with E-state index in [2.05, 4.69) is 25.5 Å². The second-order valence-electron chi connectivity index (χ2n) is 4.16. The Bertz CT molecular complexity index is 791. The number of hydrogen-bond donors (Lipinski definition) is 1.